The Morgan fingerprint density at radius 3 is 2.85 bits per heavy atom. The third kappa shape index (κ3) is 5.52. The molecule has 2 atom stereocenters. The maximum absolute atomic E-state index is 13.3. The third-order valence-corrected chi connectivity index (χ3v) is 7.49. The summed E-state index contributed by atoms with van der Waals surface area (Å²) in [4.78, 5) is 18.6. The van der Waals surface area contributed by atoms with Gasteiger partial charge in [-0.2, -0.15) is 0 Å². The minimum absolute atomic E-state index is 0.102. The number of pyridine rings is 1. The van der Waals surface area contributed by atoms with Crippen molar-refractivity contribution in [2.24, 2.45) is 0 Å². The van der Waals surface area contributed by atoms with Crippen LogP contribution in [0.3, 0.4) is 0 Å². The van der Waals surface area contributed by atoms with Crippen LogP contribution < -0.4 is 19.8 Å². The fraction of sp³-hybridized carbons (Fsp3) is 0.448. The Morgan fingerprint density at radius 1 is 1.12 bits per heavy atom. The van der Waals surface area contributed by atoms with Gasteiger partial charge in [0.1, 0.15) is 5.75 Å². The van der Waals surface area contributed by atoms with E-state index >= 15 is 0 Å². The first-order valence-electron chi connectivity index (χ1n) is 13.9. The van der Waals surface area contributed by atoms with Gasteiger partial charge in [0.15, 0.2) is 17.3 Å². The van der Waals surface area contributed by atoms with Crippen molar-refractivity contribution in [1.82, 2.24) is 30.1 Å². The largest absolute Gasteiger partial charge is 0.494 e. The number of hydrogen-bond donors (Lipinski definition) is 1. The van der Waals surface area contributed by atoms with E-state index in [0.29, 0.717) is 31.8 Å². The smallest absolute Gasteiger partial charge is 0.252 e. The SMILES string of the molecule is CCOc1ccc2[nH]c(=O)c(CN(Cc3ccc4c(c3)OCO4)[C@@H](CC)c3nnnn3C[C@@H]3CCCO3)cc2c1. The maximum Gasteiger partial charge on any atom is 0.252 e. The van der Waals surface area contributed by atoms with Crippen LogP contribution in [0.1, 0.15) is 56.1 Å². The number of aromatic amines is 1. The molecule has 0 amide bonds. The lowest BCUT2D eigenvalue weighted by molar-refractivity contribution is 0.0888. The molecule has 210 valence electrons. The fourth-order valence-electron chi connectivity index (χ4n) is 5.54. The molecule has 0 spiro atoms. The van der Waals surface area contributed by atoms with Crippen LogP contribution >= 0.6 is 0 Å². The van der Waals surface area contributed by atoms with Crippen molar-refractivity contribution in [3.63, 3.8) is 0 Å². The lowest BCUT2D eigenvalue weighted by Crippen LogP contribution is -2.33. The van der Waals surface area contributed by atoms with Gasteiger partial charge in [0.05, 0.1) is 25.3 Å². The van der Waals surface area contributed by atoms with Gasteiger partial charge >= 0.3 is 0 Å². The number of tetrazole rings is 1. The average Bonchev–Trinajstić information content (AvgIpc) is 3.73. The summed E-state index contributed by atoms with van der Waals surface area (Å²) in [6, 6.07) is 13.5. The van der Waals surface area contributed by atoms with E-state index in [1.807, 2.05) is 54.1 Å². The molecule has 2 aliphatic heterocycles. The van der Waals surface area contributed by atoms with E-state index in [4.69, 9.17) is 18.9 Å². The van der Waals surface area contributed by atoms with Gasteiger partial charge in [0.2, 0.25) is 6.79 Å². The lowest BCUT2D eigenvalue weighted by Gasteiger charge is -2.30. The predicted octanol–water partition coefficient (Wildman–Crippen LogP) is 3.97. The van der Waals surface area contributed by atoms with Gasteiger partial charge in [-0.1, -0.05) is 13.0 Å². The molecule has 2 aromatic heterocycles. The van der Waals surface area contributed by atoms with E-state index in [1.165, 1.54) is 0 Å². The molecule has 2 aromatic carbocycles. The van der Waals surface area contributed by atoms with Crippen LogP contribution in [0, 0.1) is 0 Å². The van der Waals surface area contributed by atoms with Crippen molar-refractivity contribution < 1.29 is 18.9 Å². The van der Waals surface area contributed by atoms with Gasteiger partial charge in [-0.05, 0) is 78.6 Å². The van der Waals surface area contributed by atoms with Crippen LogP contribution in [-0.2, 0) is 24.4 Å². The van der Waals surface area contributed by atoms with Crippen LogP contribution in [0.2, 0.25) is 0 Å². The van der Waals surface area contributed by atoms with E-state index in [9.17, 15) is 4.79 Å². The number of H-pyrrole nitrogens is 1. The van der Waals surface area contributed by atoms with E-state index < -0.39 is 0 Å². The first kappa shape index (κ1) is 26.3. The molecule has 0 unspecified atom stereocenters. The topological polar surface area (TPSA) is 117 Å². The zero-order valence-electron chi connectivity index (χ0n) is 22.8. The minimum Gasteiger partial charge on any atom is -0.494 e. The summed E-state index contributed by atoms with van der Waals surface area (Å²) in [5.74, 6) is 2.99. The summed E-state index contributed by atoms with van der Waals surface area (Å²) in [6.45, 7) is 7.17. The van der Waals surface area contributed by atoms with Gasteiger partial charge in [0, 0.05) is 36.2 Å². The van der Waals surface area contributed by atoms with Gasteiger partial charge < -0.3 is 23.9 Å². The molecule has 0 radical (unpaired) electrons. The summed E-state index contributed by atoms with van der Waals surface area (Å²) >= 11 is 0. The molecule has 1 fully saturated rings. The zero-order chi connectivity index (χ0) is 27.5. The van der Waals surface area contributed by atoms with E-state index in [0.717, 1.165) is 65.4 Å². The van der Waals surface area contributed by atoms with Gasteiger partial charge in [-0.25, -0.2) is 4.68 Å². The quantitative estimate of drug-likeness (QED) is 0.298. The second-order valence-corrected chi connectivity index (χ2v) is 10.2. The molecule has 4 aromatic rings. The Labute approximate surface area is 232 Å². The maximum atomic E-state index is 13.3. The molecule has 4 heterocycles. The molecule has 40 heavy (non-hydrogen) atoms. The Bertz CT molecular complexity index is 1530. The number of fused-ring (bicyclic) bond motifs is 2. The minimum atomic E-state index is -0.147. The first-order chi connectivity index (χ1) is 19.6. The van der Waals surface area contributed by atoms with Crippen molar-refractivity contribution in [3.05, 3.63) is 69.8 Å². The number of hydrogen-bond acceptors (Lipinski definition) is 9. The van der Waals surface area contributed by atoms with Crippen molar-refractivity contribution in [3.8, 4) is 17.2 Å². The molecular formula is C29H34N6O5. The molecule has 0 bridgehead atoms. The van der Waals surface area contributed by atoms with Crippen LogP contribution in [0.15, 0.2) is 47.3 Å². The average molecular weight is 547 g/mol. The monoisotopic (exact) mass is 546 g/mol. The normalized spacial score (nSPS) is 17.1. The third-order valence-electron chi connectivity index (χ3n) is 7.49. The number of rotatable bonds is 11. The molecular weight excluding hydrogens is 512 g/mol. The molecule has 2 aliphatic rings. The zero-order valence-corrected chi connectivity index (χ0v) is 22.8. The van der Waals surface area contributed by atoms with E-state index in [-0.39, 0.29) is 24.5 Å². The Kier molecular flexibility index (Phi) is 7.65. The highest BCUT2D eigenvalue weighted by atomic mass is 16.7. The molecule has 1 N–H and O–H groups in total. The number of benzene rings is 2. The van der Waals surface area contributed by atoms with E-state index in [2.05, 4.69) is 32.3 Å². The van der Waals surface area contributed by atoms with Crippen molar-refractivity contribution in [1.29, 1.82) is 0 Å². The summed E-state index contributed by atoms with van der Waals surface area (Å²) in [5.41, 5.74) is 2.34. The van der Waals surface area contributed by atoms with Crippen LogP contribution in [0.5, 0.6) is 17.2 Å². The summed E-state index contributed by atoms with van der Waals surface area (Å²) in [6.07, 6.45) is 2.89. The number of nitrogens with zero attached hydrogens (tertiary/aromatic N) is 5. The highest BCUT2D eigenvalue weighted by Crippen LogP contribution is 2.34. The van der Waals surface area contributed by atoms with Crippen molar-refractivity contribution in [2.45, 2.75) is 64.9 Å². The number of ether oxygens (including phenoxy) is 4. The standard InChI is InChI=1S/C29H34N6O5/c1-3-25(28-31-32-33-35(28)17-23-6-5-11-38-23)34(15-19-7-10-26-27(12-19)40-18-39-26)16-21-13-20-14-22(37-4-2)8-9-24(20)30-29(21)36/h7-10,12-14,23,25H,3-6,11,15-18H2,1-2H3,(H,30,36)/t23-,25-/m0/s1. The van der Waals surface area contributed by atoms with Crippen LogP contribution in [0.25, 0.3) is 10.9 Å². The molecule has 0 aliphatic carbocycles. The number of nitrogens with one attached hydrogen (secondary N) is 1. The highest BCUT2D eigenvalue weighted by Gasteiger charge is 2.28. The first-order valence-corrected chi connectivity index (χ1v) is 13.9. The van der Waals surface area contributed by atoms with Crippen molar-refractivity contribution >= 4 is 10.9 Å². The summed E-state index contributed by atoms with van der Waals surface area (Å²) < 4.78 is 24.6. The predicted molar refractivity (Wildman–Crippen MR) is 147 cm³/mol. The van der Waals surface area contributed by atoms with Crippen LogP contribution in [-0.4, -0.2) is 56.2 Å². The van der Waals surface area contributed by atoms with Gasteiger partial charge in [-0.3, -0.25) is 9.69 Å². The molecule has 0 saturated carbocycles. The summed E-state index contributed by atoms with van der Waals surface area (Å²) in [5, 5.41) is 13.7. The van der Waals surface area contributed by atoms with Gasteiger partial charge in [-0.15, -0.1) is 5.10 Å². The lowest BCUT2D eigenvalue weighted by atomic mass is 10.1. The Hall–Kier alpha value is -3.96. The highest BCUT2D eigenvalue weighted by molar-refractivity contribution is 5.80. The molecule has 1 saturated heterocycles. The van der Waals surface area contributed by atoms with Gasteiger partial charge in [0.25, 0.3) is 5.56 Å². The second kappa shape index (κ2) is 11.6. The molecule has 11 heteroatoms. The fourth-order valence-corrected chi connectivity index (χ4v) is 5.54. The Balaban J connectivity index is 1.35. The molecule has 6 rings (SSSR count). The second-order valence-electron chi connectivity index (χ2n) is 10.2. The molecule has 11 nitrogen and oxygen atoms in total. The number of aromatic nitrogens is 5. The Morgan fingerprint density at radius 2 is 2.02 bits per heavy atom. The van der Waals surface area contributed by atoms with Crippen LogP contribution in [0.4, 0.5) is 0 Å². The van der Waals surface area contributed by atoms with Crippen molar-refractivity contribution in [2.75, 3.05) is 20.0 Å². The summed E-state index contributed by atoms with van der Waals surface area (Å²) in [7, 11) is 0. The van der Waals surface area contributed by atoms with E-state index in [1.54, 1.807) is 0 Å².